The molecule has 1 amide bonds. The molecule has 1 aliphatic heterocycles. The molecule has 5 heteroatoms. The van der Waals surface area contributed by atoms with Crippen molar-refractivity contribution in [2.75, 3.05) is 11.5 Å². The van der Waals surface area contributed by atoms with E-state index < -0.39 is 5.41 Å². The van der Waals surface area contributed by atoms with E-state index in [1.165, 1.54) is 0 Å². The van der Waals surface area contributed by atoms with Gasteiger partial charge in [-0.1, -0.05) is 41.9 Å². The maximum atomic E-state index is 12.7. The number of nitrogens with zero attached hydrogens (tertiary/aromatic N) is 1. The van der Waals surface area contributed by atoms with E-state index in [0.29, 0.717) is 5.02 Å². The van der Waals surface area contributed by atoms with Crippen molar-refractivity contribution >= 4 is 29.2 Å². The number of para-hydroxylation sites is 1. The summed E-state index contributed by atoms with van der Waals surface area (Å²) < 4.78 is 5.43. The van der Waals surface area contributed by atoms with Crippen LogP contribution in [0.3, 0.4) is 0 Å². The molecule has 1 fully saturated rings. The zero-order valence-corrected chi connectivity index (χ0v) is 15.3. The Morgan fingerprint density at radius 1 is 1.15 bits per heavy atom. The van der Waals surface area contributed by atoms with Crippen LogP contribution in [0.5, 0.6) is 0 Å². The van der Waals surface area contributed by atoms with Crippen LogP contribution in [0.15, 0.2) is 48.5 Å². The SMILES string of the molecule is C[C@H]1Cc2ccccc2N1C(=O)COC(=O)C1(c2ccc(Cl)cc2)CC1. The second-order valence-corrected chi connectivity index (χ2v) is 7.55. The van der Waals surface area contributed by atoms with Gasteiger partial charge in [0.15, 0.2) is 6.61 Å². The molecule has 134 valence electrons. The minimum absolute atomic E-state index is 0.0738. The Morgan fingerprint density at radius 3 is 2.54 bits per heavy atom. The third-order valence-corrected chi connectivity index (χ3v) is 5.59. The molecule has 2 aliphatic rings. The molecule has 1 aliphatic carbocycles. The standard InChI is InChI=1S/C21H20ClNO3/c1-14-12-15-4-2-3-5-18(15)23(14)19(24)13-26-20(25)21(10-11-21)16-6-8-17(22)9-7-16/h2-9,14H,10-13H2,1H3/t14-/m0/s1. The van der Waals surface area contributed by atoms with Crippen LogP contribution in [0.2, 0.25) is 5.02 Å². The van der Waals surface area contributed by atoms with Crippen molar-refractivity contribution < 1.29 is 14.3 Å². The van der Waals surface area contributed by atoms with Crippen LogP contribution in [0.4, 0.5) is 5.69 Å². The lowest BCUT2D eigenvalue weighted by atomic mass is 9.96. The molecule has 26 heavy (non-hydrogen) atoms. The lowest BCUT2D eigenvalue weighted by Gasteiger charge is -2.23. The first-order valence-electron chi connectivity index (χ1n) is 8.84. The average Bonchev–Trinajstić information content (AvgIpc) is 3.37. The normalized spacial score (nSPS) is 19.8. The Hall–Kier alpha value is -2.33. The van der Waals surface area contributed by atoms with E-state index in [9.17, 15) is 9.59 Å². The number of halogens is 1. The summed E-state index contributed by atoms with van der Waals surface area (Å²) in [5.74, 6) is -0.504. The second-order valence-electron chi connectivity index (χ2n) is 7.11. The summed E-state index contributed by atoms with van der Waals surface area (Å²) in [6, 6.07) is 15.2. The summed E-state index contributed by atoms with van der Waals surface area (Å²) in [6.45, 7) is 1.78. The maximum Gasteiger partial charge on any atom is 0.317 e. The monoisotopic (exact) mass is 369 g/mol. The first kappa shape index (κ1) is 17.1. The molecular weight excluding hydrogens is 350 g/mol. The molecule has 0 aromatic heterocycles. The number of benzene rings is 2. The van der Waals surface area contributed by atoms with Gasteiger partial charge in [0.1, 0.15) is 0 Å². The number of esters is 1. The summed E-state index contributed by atoms with van der Waals surface area (Å²) in [5.41, 5.74) is 2.36. The fourth-order valence-electron chi connectivity index (χ4n) is 3.79. The number of hydrogen-bond donors (Lipinski definition) is 0. The van der Waals surface area contributed by atoms with Crippen LogP contribution in [-0.4, -0.2) is 24.5 Å². The van der Waals surface area contributed by atoms with Crippen molar-refractivity contribution in [3.63, 3.8) is 0 Å². The molecule has 0 N–H and O–H groups in total. The van der Waals surface area contributed by atoms with Gasteiger partial charge in [-0.15, -0.1) is 0 Å². The molecule has 0 bridgehead atoms. The van der Waals surface area contributed by atoms with Gasteiger partial charge < -0.3 is 9.64 Å². The molecule has 0 spiro atoms. The van der Waals surface area contributed by atoms with Crippen LogP contribution in [-0.2, 0) is 26.2 Å². The number of fused-ring (bicyclic) bond motifs is 1. The number of amides is 1. The molecular formula is C21H20ClNO3. The van der Waals surface area contributed by atoms with Gasteiger partial charge in [-0.25, -0.2) is 0 Å². The van der Waals surface area contributed by atoms with Crippen molar-refractivity contribution in [1.82, 2.24) is 0 Å². The van der Waals surface area contributed by atoms with Crippen LogP contribution in [0.25, 0.3) is 0 Å². The number of hydrogen-bond acceptors (Lipinski definition) is 3. The van der Waals surface area contributed by atoms with Gasteiger partial charge in [0.25, 0.3) is 5.91 Å². The minimum Gasteiger partial charge on any atom is -0.455 e. The van der Waals surface area contributed by atoms with Crippen molar-refractivity contribution in [1.29, 1.82) is 0 Å². The molecule has 2 aromatic rings. The number of carbonyl (C=O) groups is 2. The zero-order chi connectivity index (χ0) is 18.3. The predicted molar refractivity (Wildman–Crippen MR) is 100 cm³/mol. The Kier molecular flexibility index (Phi) is 4.23. The molecule has 0 radical (unpaired) electrons. The Labute approximate surface area is 157 Å². The van der Waals surface area contributed by atoms with E-state index >= 15 is 0 Å². The van der Waals surface area contributed by atoms with E-state index in [2.05, 4.69) is 0 Å². The van der Waals surface area contributed by atoms with Gasteiger partial charge in [0.2, 0.25) is 0 Å². The Bertz CT molecular complexity index is 858. The first-order chi connectivity index (χ1) is 12.5. The lowest BCUT2D eigenvalue weighted by molar-refractivity contribution is -0.150. The lowest BCUT2D eigenvalue weighted by Crippen LogP contribution is -2.39. The summed E-state index contributed by atoms with van der Waals surface area (Å²) in [7, 11) is 0. The van der Waals surface area contributed by atoms with Gasteiger partial charge in [-0.05, 0) is 55.5 Å². The van der Waals surface area contributed by atoms with Gasteiger partial charge in [0.05, 0.1) is 5.41 Å². The van der Waals surface area contributed by atoms with E-state index in [1.807, 2.05) is 43.3 Å². The molecule has 1 heterocycles. The zero-order valence-electron chi connectivity index (χ0n) is 14.6. The second kappa shape index (κ2) is 6.44. The van der Waals surface area contributed by atoms with Crippen LogP contribution >= 0.6 is 11.6 Å². The third-order valence-electron chi connectivity index (χ3n) is 5.34. The van der Waals surface area contributed by atoms with E-state index in [0.717, 1.165) is 36.1 Å². The smallest absolute Gasteiger partial charge is 0.317 e. The molecule has 4 nitrogen and oxygen atoms in total. The molecule has 1 saturated carbocycles. The highest BCUT2D eigenvalue weighted by atomic mass is 35.5. The van der Waals surface area contributed by atoms with Crippen molar-refractivity contribution in [2.24, 2.45) is 0 Å². The van der Waals surface area contributed by atoms with Crippen molar-refractivity contribution in [3.05, 3.63) is 64.7 Å². The minimum atomic E-state index is -0.612. The quantitative estimate of drug-likeness (QED) is 0.768. The van der Waals surface area contributed by atoms with E-state index in [4.69, 9.17) is 16.3 Å². The van der Waals surface area contributed by atoms with Crippen LogP contribution in [0, 0.1) is 0 Å². The average molecular weight is 370 g/mol. The van der Waals surface area contributed by atoms with Crippen molar-refractivity contribution in [2.45, 2.75) is 37.6 Å². The number of anilines is 1. The maximum absolute atomic E-state index is 12.7. The largest absolute Gasteiger partial charge is 0.455 e. The van der Waals surface area contributed by atoms with Crippen LogP contribution in [0.1, 0.15) is 30.9 Å². The molecule has 1 atom stereocenters. The van der Waals surface area contributed by atoms with Gasteiger partial charge >= 0.3 is 5.97 Å². The highest BCUT2D eigenvalue weighted by molar-refractivity contribution is 6.30. The fourth-order valence-corrected chi connectivity index (χ4v) is 3.91. The van der Waals surface area contributed by atoms with Crippen LogP contribution < -0.4 is 4.90 Å². The number of carbonyl (C=O) groups excluding carboxylic acids is 2. The number of ether oxygens (including phenoxy) is 1. The van der Waals surface area contributed by atoms with E-state index in [-0.39, 0.29) is 24.5 Å². The summed E-state index contributed by atoms with van der Waals surface area (Å²) in [5, 5.41) is 0.634. The third kappa shape index (κ3) is 2.88. The van der Waals surface area contributed by atoms with Gasteiger partial charge in [-0.3, -0.25) is 9.59 Å². The summed E-state index contributed by atoms with van der Waals surface area (Å²) in [6.07, 6.45) is 2.31. The van der Waals surface area contributed by atoms with Gasteiger partial charge in [-0.2, -0.15) is 0 Å². The predicted octanol–water partition coefficient (Wildman–Crippen LogP) is 3.89. The number of rotatable bonds is 4. The highest BCUT2D eigenvalue weighted by Gasteiger charge is 2.53. The Morgan fingerprint density at radius 2 is 1.85 bits per heavy atom. The highest BCUT2D eigenvalue weighted by Crippen LogP contribution is 2.49. The topological polar surface area (TPSA) is 46.6 Å². The summed E-state index contributed by atoms with van der Waals surface area (Å²) in [4.78, 5) is 27.1. The van der Waals surface area contributed by atoms with Gasteiger partial charge in [0, 0.05) is 16.8 Å². The van der Waals surface area contributed by atoms with Crippen molar-refractivity contribution in [3.8, 4) is 0 Å². The first-order valence-corrected chi connectivity index (χ1v) is 9.22. The summed E-state index contributed by atoms with van der Waals surface area (Å²) >= 11 is 5.93. The van der Waals surface area contributed by atoms with E-state index in [1.54, 1.807) is 17.0 Å². The molecule has 0 saturated heterocycles. The molecule has 2 aromatic carbocycles. The fraction of sp³-hybridized carbons (Fsp3) is 0.333. The molecule has 0 unspecified atom stereocenters. The Balaban J connectivity index is 1.44. The molecule has 4 rings (SSSR count).